The number of aromatic amines is 1. The fraction of sp³-hybridized carbons (Fsp3) is 0.235. The molecule has 122 valence electrons. The maximum absolute atomic E-state index is 13.0. The molecule has 24 heavy (non-hydrogen) atoms. The van der Waals surface area contributed by atoms with Crippen molar-refractivity contribution in [2.24, 2.45) is 0 Å². The molecule has 1 aromatic carbocycles. The van der Waals surface area contributed by atoms with E-state index in [2.05, 4.69) is 43.2 Å². The number of fused-ring (bicyclic) bond motifs is 1. The van der Waals surface area contributed by atoms with Crippen LogP contribution in [0.4, 0.5) is 5.82 Å². The highest BCUT2D eigenvalue weighted by Crippen LogP contribution is 2.33. The van der Waals surface area contributed by atoms with Gasteiger partial charge in [0, 0.05) is 11.0 Å². The summed E-state index contributed by atoms with van der Waals surface area (Å²) in [6.45, 7) is 0.736. The number of pyridine rings is 1. The third-order valence-corrected chi connectivity index (χ3v) is 4.95. The van der Waals surface area contributed by atoms with E-state index in [1.807, 2.05) is 17.0 Å². The Kier molecular flexibility index (Phi) is 3.72. The maximum Gasteiger partial charge on any atom is 0.272 e. The summed E-state index contributed by atoms with van der Waals surface area (Å²) in [5, 5.41) is 6.72. The second kappa shape index (κ2) is 5.90. The first kappa shape index (κ1) is 15.1. The van der Waals surface area contributed by atoms with Crippen LogP contribution >= 0.6 is 15.9 Å². The number of nitrogens with one attached hydrogen (secondary N) is 1. The molecule has 0 radical (unpaired) electrons. The van der Waals surface area contributed by atoms with Crippen LogP contribution < -0.4 is 5.73 Å². The van der Waals surface area contributed by atoms with Crippen molar-refractivity contribution in [1.29, 1.82) is 0 Å². The van der Waals surface area contributed by atoms with E-state index >= 15 is 0 Å². The van der Waals surface area contributed by atoms with E-state index in [9.17, 15) is 4.79 Å². The average molecular weight is 386 g/mol. The molecule has 1 fully saturated rings. The first-order valence-corrected chi connectivity index (χ1v) is 8.60. The van der Waals surface area contributed by atoms with Crippen molar-refractivity contribution in [2.75, 3.05) is 12.3 Å². The van der Waals surface area contributed by atoms with E-state index in [-0.39, 0.29) is 11.9 Å². The number of H-pyrrole nitrogens is 1. The van der Waals surface area contributed by atoms with E-state index in [1.54, 1.807) is 12.1 Å². The molecule has 4 rings (SSSR count). The van der Waals surface area contributed by atoms with Gasteiger partial charge in [-0.05, 0) is 42.7 Å². The predicted molar refractivity (Wildman–Crippen MR) is 95.5 cm³/mol. The van der Waals surface area contributed by atoms with Crippen molar-refractivity contribution in [3.8, 4) is 0 Å². The SMILES string of the molecule is Nc1n[nH]c2ccc(C(=O)N3CCCC3c3ccc(Br)cc3)nc12. The molecule has 6 nitrogen and oxygen atoms in total. The minimum absolute atomic E-state index is 0.0667. The van der Waals surface area contributed by atoms with Gasteiger partial charge in [-0.1, -0.05) is 28.1 Å². The molecule has 2 aromatic heterocycles. The number of rotatable bonds is 2. The largest absolute Gasteiger partial charge is 0.380 e. The molecule has 1 saturated heterocycles. The van der Waals surface area contributed by atoms with Crippen LogP contribution in [0.5, 0.6) is 0 Å². The van der Waals surface area contributed by atoms with Gasteiger partial charge in [-0.3, -0.25) is 9.89 Å². The monoisotopic (exact) mass is 385 g/mol. The van der Waals surface area contributed by atoms with E-state index in [0.29, 0.717) is 17.0 Å². The fourth-order valence-electron chi connectivity index (χ4n) is 3.23. The van der Waals surface area contributed by atoms with E-state index < -0.39 is 0 Å². The topological polar surface area (TPSA) is 87.9 Å². The quantitative estimate of drug-likeness (QED) is 0.708. The van der Waals surface area contributed by atoms with Crippen molar-refractivity contribution in [3.05, 3.63) is 52.1 Å². The number of amides is 1. The minimum atomic E-state index is -0.0667. The zero-order valence-corrected chi connectivity index (χ0v) is 14.5. The normalized spacial score (nSPS) is 17.5. The van der Waals surface area contributed by atoms with Crippen LogP contribution in [0.25, 0.3) is 11.0 Å². The number of hydrogen-bond acceptors (Lipinski definition) is 4. The van der Waals surface area contributed by atoms with Crippen LogP contribution in [-0.4, -0.2) is 32.5 Å². The zero-order chi connectivity index (χ0) is 16.7. The highest BCUT2D eigenvalue weighted by molar-refractivity contribution is 9.10. The Morgan fingerprint density at radius 2 is 2.04 bits per heavy atom. The van der Waals surface area contributed by atoms with Gasteiger partial charge >= 0.3 is 0 Å². The van der Waals surface area contributed by atoms with Crippen molar-refractivity contribution < 1.29 is 4.79 Å². The summed E-state index contributed by atoms with van der Waals surface area (Å²) in [6.07, 6.45) is 1.95. The van der Waals surface area contributed by atoms with Crippen molar-refractivity contribution in [3.63, 3.8) is 0 Å². The van der Waals surface area contributed by atoms with Gasteiger partial charge in [-0.2, -0.15) is 5.10 Å². The number of anilines is 1. The molecule has 3 aromatic rings. The summed E-state index contributed by atoms with van der Waals surface area (Å²) >= 11 is 3.45. The molecule has 0 spiro atoms. The predicted octanol–water partition coefficient (Wildman–Crippen LogP) is 3.28. The summed E-state index contributed by atoms with van der Waals surface area (Å²) < 4.78 is 1.03. The zero-order valence-electron chi connectivity index (χ0n) is 12.9. The number of carbonyl (C=O) groups excluding carboxylic acids is 1. The van der Waals surface area contributed by atoms with Gasteiger partial charge in [0.15, 0.2) is 5.82 Å². The highest BCUT2D eigenvalue weighted by atomic mass is 79.9. The molecule has 0 saturated carbocycles. The van der Waals surface area contributed by atoms with Crippen molar-refractivity contribution >= 4 is 38.7 Å². The molecular formula is C17H16BrN5O. The molecule has 7 heteroatoms. The van der Waals surface area contributed by atoms with Gasteiger partial charge in [0.2, 0.25) is 0 Å². The third kappa shape index (κ3) is 2.54. The smallest absolute Gasteiger partial charge is 0.272 e. The van der Waals surface area contributed by atoms with E-state index in [0.717, 1.165) is 34.9 Å². The Hall–Kier alpha value is -2.41. The van der Waals surface area contributed by atoms with Gasteiger partial charge < -0.3 is 10.6 Å². The number of carbonyl (C=O) groups is 1. The first-order valence-electron chi connectivity index (χ1n) is 7.80. The fourth-order valence-corrected chi connectivity index (χ4v) is 3.49. The van der Waals surface area contributed by atoms with Crippen molar-refractivity contribution in [1.82, 2.24) is 20.1 Å². The number of nitrogens with two attached hydrogens (primary N) is 1. The van der Waals surface area contributed by atoms with E-state index in [1.165, 1.54) is 0 Å². The molecule has 1 unspecified atom stereocenters. The summed E-state index contributed by atoms with van der Waals surface area (Å²) in [7, 11) is 0. The Labute approximate surface area is 147 Å². The van der Waals surface area contributed by atoms with Crippen LogP contribution in [0, 0.1) is 0 Å². The van der Waals surface area contributed by atoms with Gasteiger partial charge in [0.05, 0.1) is 11.6 Å². The average Bonchev–Trinajstić information content (AvgIpc) is 3.22. The number of hydrogen-bond donors (Lipinski definition) is 2. The summed E-state index contributed by atoms with van der Waals surface area (Å²) in [6, 6.07) is 11.7. The standard InChI is InChI=1S/C17H16BrN5O/c18-11-5-3-10(4-6-11)14-2-1-9-23(14)17(24)13-8-7-12-15(20-13)16(19)22-21-12/h3-8,14H,1-2,9H2,(H3,19,21,22). The number of likely N-dealkylation sites (tertiary alicyclic amines) is 1. The van der Waals surface area contributed by atoms with Crippen LogP contribution in [-0.2, 0) is 0 Å². The van der Waals surface area contributed by atoms with Gasteiger partial charge in [-0.15, -0.1) is 0 Å². The van der Waals surface area contributed by atoms with Crippen LogP contribution in [0.1, 0.15) is 34.9 Å². The van der Waals surface area contributed by atoms with Crippen LogP contribution in [0.15, 0.2) is 40.9 Å². The minimum Gasteiger partial charge on any atom is -0.380 e. The lowest BCUT2D eigenvalue weighted by Gasteiger charge is -2.25. The number of aromatic nitrogens is 3. The summed E-state index contributed by atoms with van der Waals surface area (Å²) in [5.41, 5.74) is 8.62. The lowest BCUT2D eigenvalue weighted by molar-refractivity contribution is 0.0730. The number of benzene rings is 1. The highest BCUT2D eigenvalue weighted by Gasteiger charge is 2.31. The molecule has 1 atom stereocenters. The molecule has 1 aliphatic rings. The van der Waals surface area contributed by atoms with Crippen LogP contribution in [0.2, 0.25) is 0 Å². The van der Waals surface area contributed by atoms with Crippen LogP contribution in [0.3, 0.4) is 0 Å². The van der Waals surface area contributed by atoms with E-state index in [4.69, 9.17) is 5.73 Å². The molecular weight excluding hydrogens is 370 g/mol. The second-order valence-corrected chi connectivity index (χ2v) is 6.83. The molecule has 0 aliphatic carbocycles. The second-order valence-electron chi connectivity index (χ2n) is 5.91. The Bertz CT molecular complexity index is 905. The molecule has 1 aliphatic heterocycles. The third-order valence-electron chi connectivity index (χ3n) is 4.42. The summed E-state index contributed by atoms with van der Waals surface area (Å²) in [4.78, 5) is 19.3. The maximum atomic E-state index is 13.0. The Balaban J connectivity index is 1.66. The van der Waals surface area contributed by atoms with Crippen molar-refractivity contribution in [2.45, 2.75) is 18.9 Å². The molecule has 1 amide bonds. The number of nitrogen functional groups attached to an aromatic ring is 1. The Morgan fingerprint density at radius 3 is 2.83 bits per heavy atom. The molecule has 0 bridgehead atoms. The molecule has 3 heterocycles. The van der Waals surface area contributed by atoms with Gasteiger partial charge in [0.1, 0.15) is 11.2 Å². The first-order chi connectivity index (χ1) is 11.6. The Morgan fingerprint density at radius 1 is 1.25 bits per heavy atom. The lowest BCUT2D eigenvalue weighted by Crippen LogP contribution is -2.31. The number of halogens is 1. The van der Waals surface area contributed by atoms with Gasteiger partial charge in [-0.25, -0.2) is 4.98 Å². The molecule has 3 N–H and O–H groups in total. The number of nitrogens with zero attached hydrogens (tertiary/aromatic N) is 3. The van der Waals surface area contributed by atoms with Gasteiger partial charge in [0.25, 0.3) is 5.91 Å². The summed E-state index contributed by atoms with van der Waals surface area (Å²) in [5.74, 6) is 0.244. The lowest BCUT2D eigenvalue weighted by atomic mass is 10.0.